The van der Waals surface area contributed by atoms with Gasteiger partial charge in [-0.05, 0) is 37.5 Å². The first-order chi connectivity index (χ1) is 9.24. The summed E-state index contributed by atoms with van der Waals surface area (Å²) in [4.78, 5) is 4.43. The number of anilines is 1. The highest BCUT2D eigenvalue weighted by molar-refractivity contribution is 5.66. The normalized spacial score (nSPS) is 18.9. The van der Waals surface area contributed by atoms with E-state index in [2.05, 4.69) is 10.1 Å². The average molecular weight is 259 g/mol. The highest BCUT2D eigenvalue weighted by Crippen LogP contribution is 2.26. The lowest BCUT2D eigenvalue weighted by atomic mass is 10.1. The third-order valence-corrected chi connectivity index (χ3v) is 3.51. The van der Waals surface area contributed by atoms with E-state index >= 15 is 0 Å². The first-order valence-corrected chi connectivity index (χ1v) is 6.53. The fourth-order valence-corrected chi connectivity index (χ4v) is 2.34. The van der Waals surface area contributed by atoms with Gasteiger partial charge in [0.05, 0.1) is 6.10 Å². The van der Waals surface area contributed by atoms with Crippen LogP contribution in [0.1, 0.15) is 24.2 Å². The molecule has 0 bridgehead atoms. The predicted octanol–water partition coefficient (Wildman–Crippen LogP) is 2.35. The number of aromatic nitrogens is 2. The number of nitrogen functional groups attached to an aromatic ring is 1. The summed E-state index contributed by atoms with van der Waals surface area (Å²) in [7, 11) is 0. The monoisotopic (exact) mass is 259 g/mol. The summed E-state index contributed by atoms with van der Waals surface area (Å²) in [5.74, 6) is 1.22. The Labute approximate surface area is 111 Å². The second-order valence-electron chi connectivity index (χ2n) is 4.87. The summed E-state index contributed by atoms with van der Waals surface area (Å²) >= 11 is 0. The minimum Gasteiger partial charge on any atom is -0.398 e. The van der Waals surface area contributed by atoms with Crippen molar-refractivity contribution in [2.75, 3.05) is 12.3 Å². The van der Waals surface area contributed by atoms with Crippen molar-refractivity contribution in [3.8, 4) is 11.5 Å². The van der Waals surface area contributed by atoms with E-state index in [0.717, 1.165) is 36.3 Å². The smallest absolute Gasteiger partial charge is 0.258 e. The molecule has 3 rings (SSSR count). The molecule has 1 aromatic heterocycles. The molecule has 1 unspecified atom stereocenters. The van der Waals surface area contributed by atoms with Gasteiger partial charge in [0.1, 0.15) is 0 Å². The molecule has 5 heteroatoms. The molecule has 2 heterocycles. The number of nitrogens with two attached hydrogens (primary N) is 1. The van der Waals surface area contributed by atoms with Gasteiger partial charge < -0.3 is 15.0 Å². The Hall–Kier alpha value is -1.88. The third-order valence-electron chi connectivity index (χ3n) is 3.51. The van der Waals surface area contributed by atoms with Crippen LogP contribution in [0, 0.1) is 6.92 Å². The lowest BCUT2D eigenvalue weighted by molar-refractivity contribution is 0.109. The molecule has 19 heavy (non-hydrogen) atoms. The van der Waals surface area contributed by atoms with Gasteiger partial charge in [0, 0.05) is 24.3 Å². The summed E-state index contributed by atoms with van der Waals surface area (Å²) in [6, 6.07) is 5.69. The molecule has 2 aromatic rings. The zero-order chi connectivity index (χ0) is 13.2. The molecule has 0 saturated carbocycles. The first-order valence-electron chi connectivity index (χ1n) is 6.53. The van der Waals surface area contributed by atoms with E-state index in [1.165, 1.54) is 0 Å². The van der Waals surface area contributed by atoms with Crippen LogP contribution in [0.25, 0.3) is 11.5 Å². The Balaban J connectivity index is 1.82. The lowest BCUT2D eigenvalue weighted by Gasteiger charge is -2.04. The van der Waals surface area contributed by atoms with Crippen molar-refractivity contribution in [2.24, 2.45) is 0 Å². The van der Waals surface area contributed by atoms with Crippen LogP contribution in [0.4, 0.5) is 5.69 Å². The van der Waals surface area contributed by atoms with E-state index in [1.54, 1.807) is 0 Å². The molecule has 0 radical (unpaired) electrons. The van der Waals surface area contributed by atoms with Crippen LogP contribution in [0.15, 0.2) is 22.7 Å². The number of nitrogens with zero attached hydrogens (tertiary/aromatic N) is 2. The molecule has 0 spiro atoms. The van der Waals surface area contributed by atoms with Crippen LogP contribution in [0.3, 0.4) is 0 Å². The summed E-state index contributed by atoms with van der Waals surface area (Å²) < 4.78 is 10.9. The molecule has 1 aliphatic rings. The highest BCUT2D eigenvalue weighted by Gasteiger charge is 2.20. The molecule has 1 aliphatic heterocycles. The van der Waals surface area contributed by atoms with Crippen molar-refractivity contribution in [1.29, 1.82) is 0 Å². The molecule has 1 aromatic carbocycles. The van der Waals surface area contributed by atoms with E-state index in [0.29, 0.717) is 18.1 Å². The zero-order valence-corrected chi connectivity index (χ0v) is 10.9. The second kappa shape index (κ2) is 5.01. The van der Waals surface area contributed by atoms with Gasteiger partial charge in [0.25, 0.3) is 5.89 Å². The Morgan fingerprint density at radius 1 is 1.42 bits per heavy atom. The zero-order valence-electron chi connectivity index (χ0n) is 10.9. The van der Waals surface area contributed by atoms with Crippen molar-refractivity contribution in [3.05, 3.63) is 29.6 Å². The molecule has 100 valence electrons. The van der Waals surface area contributed by atoms with Crippen LogP contribution in [0.5, 0.6) is 0 Å². The van der Waals surface area contributed by atoms with Crippen LogP contribution in [0.2, 0.25) is 0 Å². The van der Waals surface area contributed by atoms with Gasteiger partial charge in [0.15, 0.2) is 5.82 Å². The van der Waals surface area contributed by atoms with Gasteiger partial charge in [-0.1, -0.05) is 11.2 Å². The topological polar surface area (TPSA) is 74.2 Å². The lowest BCUT2D eigenvalue weighted by Crippen LogP contribution is -2.09. The maximum atomic E-state index is 5.89. The fourth-order valence-electron chi connectivity index (χ4n) is 2.34. The number of hydrogen-bond acceptors (Lipinski definition) is 5. The molecule has 1 atom stereocenters. The second-order valence-corrected chi connectivity index (χ2v) is 4.87. The molecule has 5 nitrogen and oxygen atoms in total. The SMILES string of the molecule is Cc1c(N)cccc1-c1nc(CC2CCCO2)no1. The quantitative estimate of drug-likeness (QED) is 0.856. The first kappa shape index (κ1) is 12.2. The Kier molecular flexibility index (Phi) is 3.21. The Morgan fingerprint density at radius 2 is 2.32 bits per heavy atom. The Morgan fingerprint density at radius 3 is 3.11 bits per heavy atom. The van der Waals surface area contributed by atoms with Gasteiger partial charge >= 0.3 is 0 Å². The van der Waals surface area contributed by atoms with Crippen LogP contribution in [-0.2, 0) is 11.2 Å². The molecule has 0 aliphatic carbocycles. The average Bonchev–Trinajstić information content (AvgIpc) is 3.05. The van der Waals surface area contributed by atoms with Crippen molar-refractivity contribution in [2.45, 2.75) is 32.3 Å². The van der Waals surface area contributed by atoms with E-state index in [9.17, 15) is 0 Å². The fraction of sp³-hybridized carbons (Fsp3) is 0.429. The van der Waals surface area contributed by atoms with Crippen LogP contribution in [-0.4, -0.2) is 22.9 Å². The largest absolute Gasteiger partial charge is 0.398 e. The van der Waals surface area contributed by atoms with Crippen LogP contribution >= 0.6 is 0 Å². The van der Waals surface area contributed by atoms with Crippen molar-refractivity contribution < 1.29 is 9.26 Å². The van der Waals surface area contributed by atoms with Gasteiger partial charge in [-0.15, -0.1) is 0 Å². The molecular formula is C14H17N3O2. The molecule has 2 N–H and O–H groups in total. The number of benzene rings is 1. The Bertz CT molecular complexity index is 574. The van der Waals surface area contributed by atoms with Gasteiger partial charge in [-0.2, -0.15) is 4.98 Å². The maximum Gasteiger partial charge on any atom is 0.258 e. The van der Waals surface area contributed by atoms with E-state index in [4.69, 9.17) is 15.0 Å². The number of hydrogen-bond donors (Lipinski definition) is 1. The molecule has 1 fully saturated rings. The van der Waals surface area contributed by atoms with Gasteiger partial charge in [-0.25, -0.2) is 0 Å². The van der Waals surface area contributed by atoms with Gasteiger partial charge in [0.2, 0.25) is 0 Å². The van der Waals surface area contributed by atoms with Crippen LogP contribution < -0.4 is 5.73 Å². The molecular weight excluding hydrogens is 242 g/mol. The third kappa shape index (κ3) is 2.46. The van der Waals surface area contributed by atoms with Crippen molar-refractivity contribution in [3.63, 3.8) is 0 Å². The minimum absolute atomic E-state index is 0.229. The summed E-state index contributed by atoms with van der Waals surface area (Å²) in [6.45, 7) is 2.79. The number of rotatable bonds is 3. The van der Waals surface area contributed by atoms with E-state index in [-0.39, 0.29) is 6.10 Å². The van der Waals surface area contributed by atoms with E-state index in [1.807, 2.05) is 25.1 Å². The molecule has 1 saturated heterocycles. The summed E-state index contributed by atoms with van der Waals surface area (Å²) in [6.07, 6.45) is 3.13. The predicted molar refractivity (Wildman–Crippen MR) is 71.6 cm³/mol. The maximum absolute atomic E-state index is 5.89. The minimum atomic E-state index is 0.229. The number of ether oxygens (including phenoxy) is 1. The standard InChI is InChI=1S/C14H17N3O2/c1-9-11(5-2-6-12(9)15)14-16-13(17-19-14)8-10-4-3-7-18-10/h2,5-6,10H,3-4,7-8,15H2,1H3. The highest BCUT2D eigenvalue weighted by atomic mass is 16.5. The van der Waals surface area contributed by atoms with Crippen molar-refractivity contribution in [1.82, 2.24) is 10.1 Å². The van der Waals surface area contributed by atoms with E-state index < -0.39 is 0 Å². The summed E-state index contributed by atoms with van der Waals surface area (Å²) in [5.41, 5.74) is 8.48. The molecule has 0 amide bonds. The van der Waals surface area contributed by atoms with Gasteiger partial charge in [-0.3, -0.25) is 0 Å². The summed E-state index contributed by atoms with van der Waals surface area (Å²) in [5, 5.41) is 4.02. The van der Waals surface area contributed by atoms with Crippen molar-refractivity contribution >= 4 is 5.69 Å².